The van der Waals surface area contributed by atoms with E-state index in [1.807, 2.05) is 20.8 Å². The van der Waals surface area contributed by atoms with E-state index in [0.717, 1.165) is 12.8 Å². The van der Waals surface area contributed by atoms with Crippen LogP contribution in [0.3, 0.4) is 0 Å². The first-order chi connectivity index (χ1) is 12.6. The monoisotopic (exact) mass is 374 g/mol. The molecule has 3 nitrogen and oxygen atoms in total. The largest absolute Gasteiger partial charge is 0.376 e. The van der Waals surface area contributed by atoms with Crippen LogP contribution in [0.25, 0.3) is 0 Å². The lowest BCUT2D eigenvalue weighted by atomic mass is 9.81. The Kier molecular flexibility index (Phi) is 7.64. The summed E-state index contributed by atoms with van der Waals surface area (Å²) >= 11 is 0. The minimum atomic E-state index is -0.329. The van der Waals surface area contributed by atoms with E-state index < -0.39 is 0 Å². The number of benzene rings is 1. The van der Waals surface area contributed by atoms with Crippen LogP contribution >= 0.6 is 0 Å². The van der Waals surface area contributed by atoms with E-state index in [-0.39, 0.29) is 23.2 Å². The molecule has 1 aromatic rings. The predicted octanol–water partition coefficient (Wildman–Crippen LogP) is 5.66. The van der Waals surface area contributed by atoms with Crippen molar-refractivity contribution in [2.24, 2.45) is 5.41 Å². The lowest BCUT2D eigenvalue weighted by molar-refractivity contribution is -0.131. The lowest BCUT2D eigenvalue weighted by Crippen LogP contribution is -2.26. The highest BCUT2D eigenvalue weighted by molar-refractivity contribution is 5.84. The second-order valence-corrected chi connectivity index (χ2v) is 9.94. The molecule has 1 aliphatic carbocycles. The van der Waals surface area contributed by atoms with Crippen LogP contribution in [0.1, 0.15) is 84.3 Å². The first-order valence-electron chi connectivity index (χ1n) is 10.4. The molecular weight excluding hydrogens is 336 g/mol. The summed E-state index contributed by atoms with van der Waals surface area (Å²) in [4.78, 5) is 11.8. The molecule has 0 amide bonds. The first-order valence-corrected chi connectivity index (χ1v) is 10.4. The molecule has 0 aliphatic heterocycles. The second kappa shape index (κ2) is 9.34. The number of carbonyl (C=O) groups is 1. The van der Waals surface area contributed by atoms with Crippen molar-refractivity contribution in [3.63, 3.8) is 0 Å². The van der Waals surface area contributed by atoms with Crippen molar-refractivity contribution in [1.29, 1.82) is 0 Å². The molecule has 1 saturated carbocycles. The van der Waals surface area contributed by atoms with Crippen molar-refractivity contribution < 1.29 is 14.3 Å². The van der Waals surface area contributed by atoms with E-state index in [9.17, 15) is 4.79 Å². The van der Waals surface area contributed by atoms with Gasteiger partial charge >= 0.3 is 0 Å². The van der Waals surface area contributed by atoms with Crippen molar-refractivity contribution >= 4 is 5.78 Å². The Morgan fingerprint density at radius 3 is 2.04 bits per heavy atom. The van der Waals surface area contributed by atoms with E-state index >= 15 is 0 Å². The molecule has 3 heteroatoms. The van der Waals surface area contributed by atoms with Gasteiger partial charge in [-0.25, -0.2) is 0 Å². The van der Waals surface area contributed by atoms with Crippen LogP contribution in [0, 0.1) is 5.41 Å². The Morgan fingerprint density at radius 1 is 0.926 bits per heavy atom. The normalized spacial score (nSPS) is 21.3. The molecule has 27 heavy (non-hydrogen) atoms. The molecule has 0 radical (unpaired) electrons. The molecule has 152 valence electrons. The maximum atomic E-state index is 11.8. The Bertz CT molecular complexity index is 582. The van der Waals surface area contributed by atoms with Crippen molar-refractivity contribution in [2.75, 3.05) is 19.8 Å². The number of ketones is 1. The van der Waals surface area contributed by atoms with Crippen LogP contribution in [-0.4, -0.2) is 31.7 Å². The third kappa shape index (κ3) is 7.04. The summed E-state index contributed by atoms with van der Waals surface area (Å²) in [6.45, 7) is 13.8. The van der Waals surface area contributed by atoms with Gasteiger partial charge in [0.05, 0.1) is 19.3 Å². The zero-order chi connectivity index (χ0) is 20.1. The van der Waals surface area contributed by atoms with Gasteiger partial charge in [-0.2, -0.15) is 0 Å². The van der Waals surface area contributed by atoms with E-state index in [1.165, 1.54) is 24.0 Å². The number of hydrogen-bond donors (Lipinski definition) is 0. The molecule has 0 bridgehead atoms. The number of Topliss-reactive ketones (excluding diaryl/α,β-unsaturated/α-hetero) is 1. The second-order valence-electron chi connectivity index (χ2n) is 9.94. The zero-order valence-electron chi connectivity index (χ0n) is 18.1. The molecule has 1 aliphatic rings. The van der Waals surface area contributed by atoms with Crippen LogP contribution in [0.5, 0.6) is 0 Å². The van der Waals surface area contributed by atoms with Crippen molar-refractivity contribution in [3.05, 3.63) is 35.4 Å². The summed E-state index contributed by atoms with van der Waals surface area (Å²) in [6.07, 6.45) is 4.90. The maximum Gasteiger partial charge on any atom is 0.163 e. The van der Waals surface area contributed by atoms with Gasteiger partial charge < -0.3 is 9.47 Å². The molecule has 2 rings (SSSR count). The standard InChI is InChI=1S/C24H38O3/c1-23(2,3)20-11-7-18(8-12-20)19-9-13-21(14-10-19)27-16-15-26-17-22(25)24(4,5)6/h7-8,11-12,19,21H,9-10,13-17H2,1-6H3. The molecule has 0 unspecified atom stereocenters. The van der Waals surface area contributed by atoms with Gasteiger partial charge in [-0.1, -0.05) is 65.8 Å². The van der Waals surface area contributed by atoms with Crippen LogP contribution in [-0.2, 0) is 19.7 Å². The van der Waals surface area contributed by atoms with E-state index in [2.05, 4.69) is 45.0 Å². The van der Waals surface area contributed by atoms with E-state index in [1.54, 1.807) is 0 Å². The third-order valence-electron chi connectivity index (χ3n) is 5.57. The molecule has 0 saturated heterocycles. The van der Waals surface area contributed by atoms with Gasteiger partial charge in [0.2, 0.25) is 0 Å². The van der Waals surface area contributed by atoms with Crippen molar-refractivity contribution in [1.82, 2.24) is 0 Å². The van der Waals surface area contributed by atoms with Gasteiger partial charge in [-0.3, -0.25) is 4.79 Å². The molecule has 1 aromatic carbocycles. The van der Waals surface area contributed by atoms with Gasteiger partial charge in [0, 0.05) is 5.41 Å². The summed E-state index contributed by atoms with van der Waals surface area (Å²) in [5.41, 5.74) is 2.74. The minimum Gasteiger partial charge on any atom is -0.376 e. The van der Waals surface area contributed by atoms with Crippen LogP contribution in [0.2, 0.25) is 0 Å². The molecule has 0 aromatic heterocycles. The predicted molar refractivity (Wildman–Crippen MR) is 111 cm³/mol. The van der Waals surface area contributed by atoms with E-state index in [4.69, 9.17) is 9.47 Å². The quantitative estimate of drug-likeness (QED) is 0.578. The first kappa shape index (κ1) is 22.1. The van der Waals surface area contributed by atoms with Crippen LogP contribution < -0.4 is 0 Å². The fraction of sp³-hybridized carbons (Fsp3) is 0.708. The Labute approximate surface area is 165 Å². The number of ether oxygens (including phenoxy) is 2. The zero-order valence-corrected chi connectivity index (χ0v) is 18.1. The van der Waals surface area contributed by atoms with Crippen molar-refractivity contribution in [2.45, 2.75) is 84.7 Å². The van der Waals surface area contributed by atoms with Gasteiger partial charge in [0.1, 0.15) is 6.61 Å². The van der Waals surface area contributed by atoms with Crippen molar-refractivity contribution in [3.8, 4) is 0 Å². The smallest absolute Gasteiger partial charge is 0.163 e. The van der Waals surface area contributed by atoms with Gasteiger partial charge in [0.15, 0.2) is 5.78 Å². The average Bonchev–Trinajstić information content (AvgIpc) is 2.60. The Morgan fingerprint density at radius 2 is 1.52 bits per heavy atom. The minimum absolute atomic E-state index is 0.139. The molecule has 1 fully saturated rings. The third-order valence-corrected chi connectivity index (χ3v) is 5.57. The Hall–Kier alpha value is -1.19. The highest BCUT2D eigenvalue weighted by Gasteiger charge is 2.24. The molecule has 0 heterocycles. The summed E-state index contributed by atoms with van der Waals surface area (Å²) in [6, 6.07) is 9.20. The van der Waals surface area contributed by atoms with Crippen LogP contribution in [0.15, 0.2) is 24.3 Å². The van der Waals surface area contributed by atoms with Gasteiger partial charge in [0.25, 0.3) is 0 Å². The van der Waals surface area contributed by atoms with Crippen LogP contribution in [0.4, 0.5) is 0 Å². The summed E-state index contributed by atoms with van der Waals surface area (Å²) in [5, 5.41) is 0. The summed E-state index contributed by atoms with van der Waals surface area (Å²) in [7, 11) is 0. The summed E-state index contributed by atoms with van der Waals surface area (Å²) < 4.78 is 11.4. The molecule has 0 spiro atoms. The number of carbonyl (C=O) groups excluding carboxylic acids is 1. The molecule has 0 atom stereocenters. The highest BCUT2D eigenvalue weighted by Crippen LogP contribution is 2.35. The molecular formula is C24H38O3. The average molecular weight is 375 g/mol. The number of rotatable bonds is 7. The van der Waals surface area contributed by atoms with Gasteiger partial charge in [-0.15, -0.1) is 0 Å². The summed E-state index contributed by atoms with van der Waals surface area (Å²) in [5.74, 6) is 0.792. The topological polar surface area (TPSA) is 35.5 Å². The maximum absolute atomic E-state index is 11.8. The SMILES string of the molecule is CC(C)(C)C(=O)COCCOC1CCC(c2ccc(C(C)(C)C)cc2)CC1. The number of hydrogen-bond acceptors (Lipinski definition) is 3. The highest BCUT2D eigenvalue weighted by atomic mass is 16.5. The molecule has 0 N–H and O–H groups in total. The lowest BCUT2D eigenvalue weighted by Gasteiger charge is -2.29. The fourth-order valence-electron chi connectivity index (χ4n) is 3.47. The van der Waals surface area contributed by atoms with Gasteiger partial charge in [-0.05, 0) is 48.1 Å². The Balaban J connectivity index is 1.66. The fourth-order valence-corrected chi connectivity index (χ4v) is 3.47. The van der Waals surface area contributed by atoms with E-state index in [0.29, 0.717) is 25.2 Å².